The third-order valence-electron chi connectivity index (χ3n) is 2.71. The molecule has 0 aliphatic carbocycles. The Kier molecular flexibility index (Phi) is 3.82. The van der Waals surface area contributed by atoms with Crippen LogP contribution in [-0.2, 0) is 7.05 Å². The van der Waals surface area contributed by atoms with Gasteiger partial charge >= 0.3 is 0 Å². The van der Waals surface area contributed by atoms with Gasteiger partial charge in [0, 0.05) is 19.3 Å². The Hall–Kier alpha value is -2.04. The fourth-order valence-electron chi connectivity index (χ4n) is 1.83. The van der Waals surface area contributed by atoms with Gasteiger partial charge in [-0.15, -0.1) is 0 Å². The molecule has 0 saturated heterocycles. The summed E-state index contributed by atoms with van der Waals surface area (Å²) in [5, 5.41) is 7.53. The van der Waals surface area contributed by atoms with Crippen LogP contribution in [0.25, 0.3) is 0 Å². The number of ether oxygens (including phenoxy) is 1. The zero-order chi connectivity index (χ0) is 13.0. The van der Waals surface area contributed by atoms with Gasteiger partial charge in [-0.3, -0.25) is 4.68 Å². The van der Waals surface area contributed by atoms with Gasteiger partial charge in [0.2, 0.25) is 5.88 Å². The maximum Gasteiger partial charge on any atom is 0.213 e. The number of nitrogens with zero attached hydrogens (tertiary/aromatic N) is 3. The van der Waals surface area contributed by atoms with Crippen LogP contribution in [0.5, 0.6) is 5.88 Å². The van der Waals surface area contributed by atoms with Crippen LogP contribution in [0.4, 0.5) is 5.69 Å². The Bertz CT molecular complexity index is 492. The molecule has 1 unspecified atom stereocenters. The lowest BCUT2D eigenvalue weighted by molar-refractivity contribution is 0.327. The van der Waals surface area contributed by atoms with E-state index in [1.54, 1.807) is 12.4 Å². The first-order chi connectivity index (χ1) is 8.70. The molecule has 0 aliphatic rings. The highest BCUT2D eigenvalue weighted by molar-refractivity contribution is 5.43. The first-order valence-corrected chi connectivity index (χ1v) is 6.04. The van der Waals surface area contributed by atoms with E-state index < -0.39 is 0 Å². The Labute approximate surface area is 107 Å². The zero-order valence-corrected chi connectivity index (χ0v) is 10.9. The SMILES string of the molecule is CCOc1ccc(NC(C)c2ccnn2C)cn1. The molecule has 2 heterocycles. The number of rotatable bonds is 5. The van der Waals surface area contributed by atoms with E-state index in [2.05, 4.69) is 22.3 Å². The summed E-state index contributed by atoms with van der Waals surface area (Å²) in [5.41, 5.74) is 2.09. The van der Waals surface area contributed by atoms with E-state index in [0.717, 1.165) is 11.4 Å². The zero-order valence-electron chi connectivity index (χ0n) is 10.9. The van der Waals surface area contributed by atoms with Crippen LogP contribution < -0.4 is 10.1 Å². The summed E-state index contributed by atoms with van der Waals surface area (Å²) in [6, 6.07) is 6.00. The third kappa shape index (κ3) is 2.80. The summed E-state index contributed by atoms with van der Waals surface area (Å²) in [6.07, 6.45) is 3.57. The van der Waals surface area contributed by atoms with Crippen molar-refractivity contribution in [3.05, 3.63) is 36.3 Å². The number of anilines is 1. The van der Waals surface area contributed by atoms with Gasteiger partial charge in [0.05, 0.1) is 30.2 Å². The van der Waals surface area contributed by atoms with Crippen LogP contribution in [0.1, 0.15) is 25.6 Å². The first kappa shape index (κ1) is 12.4. The monoisotopic (exact) mass is 246 g/mol. The quantitative estimate of drug-likeness (QED) is 0.880. The van der Waals surface area contributed by atoms with Crippen molar-refractivity contribution in [3.8, 4) is 5.88 Å². The standard InChI is InChI=1S/C13H18N4O/c1-4-18-13-6-5-11(9-14-13)16-10(2)12-7-8-15-17(12)3/h5-10,16H,4H2,1-3H3. The fraction of sp³-hybridized carbons (Fsp3) is 0.385. The van der Waals surface area contributed by atoms with Crippen LogP contribution in [0, 0.1) is 0 Å². The second-order valence-corrected chi connectivity index (χ2v) is 4.06. The predicted octanol–water partition coefficient (Wildman–Crippen LogP) is 2.39. The molecule has 0 aliphatic heterocycles. The minimum absolute atomic E-state index is 0.178. The lowest BCUT2D eigenvalue weighted by atomic mass is 10.2. The van der Waals surface area contributed by atoms with Crippen molar-refractivity contribution >= 4 is 5.69 Å². The van der Waals surface area contributed by atoms with Crippen molar-refractivity contribution < 1.29 is 4.74 Å². The normalized spacial score (nSPS) is 12.2. The van der Waals surface area contributed by atoms with Gasteiger partial charge in [-0.05, 0) is 26.0 Å². The van der Waals surface area contributed by atoms with Crippen molar-refractivity contribution in [1.82, 2.24) is 14.8 Å². The summed E-state index contributed by atoms with van der Waals surface area (Å²) in [6.45, 7) is 4.66. The third-order valence-corrected chi connectivity index (χ3v) is 2.71. The minimum atomic E-state index is 0.178. The molecule has 2 rings (SSSR count). The van der Waals surface area contributed by atoms with Crippen molar-refractivity contribution in [3.63, 3.8) is 0 Å². The van der Waals surface area contributed by atoms with Crippen molar-refractivity contribution in [1.29, 1.82) is 0 Å². The van der Waals surface area contributed by atoms with E-state index in [1.807, 2.05) is 36.9 Å². The predicted molar refractivity (Wildman–Crippen MR) is 70.7 cm³/mol. The molecular weight excluding hydrogens is 228 g/mol. The lowest BCUT2D eigenvalue weighted by Crippen LogP contribution is -2.11. The molecule has 1 N–H and O–H groups in total. The second kappa shape index (κ2) is 5.53. The smallest absolute Gasteiger partial charge is 0.213 e. The molecule has 18 heavy (non-hydrogen) atoms. The number of aryl methyl sites for hydroxylation is 1. The maximum absolute atomic E-state index is 5.30. The van der Waals surface area contributed by atoms with E-state index in [1.165, 1.54) is 0 Å². The van der Waals surface area contributed by atoms with Gasteiger partial charge in [0.25, 0.3) is 0 Å². The van der Waals surface area contributed by atoms with Crippen LogP contribution in [0.2, 0.25) is 0 Å². The van der Waals surface area contributed by atoms with E-state index >= 15 is 0 Å². The minimum Gasteiger partial charge on any atom is -0.478 e. The summed E-state index contributed by atoms with van der Waals surface area (Å²) in [4.78, 5) is 4.22. The molecule has 5 heteroatoms. The molecule has 2 aromatic heterocycles. The Morgan fingerprint density at radius 2 is 2.22 bits per heavy atom. The van der Waals surface area contributed by atoms with Gasteiger partial charge in [0.15, 0.2) is 0 Å². The summed E-state index contributed by atoms with van der Waals surface area (Å²) in [7, 11) is 1.93. The highest BCUT2D eigenvalue weighted by Crippen LogP contribution is 2.19. The molecule has 1 atom stereocenters. The van der Waals surface area contributed by atoms with Crippen molar-refractivity contribution in [2.75, 3.05) is 11.9 Å². The van der Waals surface area contributed by atoms with Crippen LogP contribution in [0.15, 0.2) is 30.6 Å². The highest BCUT2D eigenvalue weighted by Gasteiger charge is 2.09. The molecule has 0 spiro atoms. The molecule has 0 fully saturated rings. The van der Waals surface area contributed by atoms with Crippen LogP contribution in [-0.4, -0.2) is 21.4 Å². The van der Waals surface area contributed by atoms with Gasteiger partial charge in [-0.25, -0.2) is 4.98 Å². The van der Waals surface area contributed by atoms with Gasteiger partial charge in [-0.1, -0.05) is 0 Å². The van der Waals surface area contributed by atoms with Crippen LogP contribution >= 0.6 is 0 Å². The lowest BCUT2D eigenvalue weighted by Gasteiger charge is -2.15. The molecule has 0 bridgehead atoms. The Morgan fingerprint density at radius 1 is 1.39 bits per heavy atom. The van der Waals surface area contributed by atoms with E-state index in [4.69, 9.17) is 4.74 Å². The largest absolute Gasteiger partial charge is 0.478 e. The maximum atomic E-state index is 5.30. The summed E-state index contributed by atoms with van der Waals surface area (Å²) >= 11 is 0. The Balaban J connectivity index is 2.03. The van der Waals surface area contributed by atoms with E-state index in [9.17, 15) is 0 Å². The van der Waals surface area contributed by atoms with Crippen molar-refractivity contribution in [2.24, 2.45) is 7.05 Å². The van der Waals surface area contributed by atoms with Crippen molar-refractivity contribution in [2.45, 2.75) is 19.9 Å². The number of aromatic nitrogens is 3. The molecular formula is C13H18N4O. The summed E-state index contributed by atoms with van der Waals surface area (Å²) < 4.78 is 7.16. The van der Waals surface area contributed by atoms with Gasteiger partial charge < -0.3 is 10.1 Å². The number of hydrogen-bond donors (Lipinski definition) is 1. The fourth-order valence-corrected chi connectivity index (χ4v) is 1.83. The highest BCUT2D eigenvalue weighted by atomic mass is 16.5. The molecule has 96 valence electrons. The first-order valence-electron chi connectivity index (χ1n) is 6.04. The topological polar surface area (TPSA) is 52.0 Å². The average Bonchev–Trinajstić information content (AvgIpc) is 2.78. The van der Waals surface area contributed by atoms with Gasteiger partial charge in [-0.2, -0.15) is 5.10 Å². The average molecular weight is 246 g/mol. The number of hydrogen-bond acceptors (Lipinski definition) is 4. The molecule has 0 radical (unpaired) electrons. The molecule has 0 saturated carbocycles. The molecule has 0 aromatic carbocycles. The van der Waals surface area contributed by atoms with Crippen LogP contribution in [0.3, 0.4) is 0 Å². The number of nitrogens with one attached hydrogen (secondary N) is 1. The Morgan fingerprint density at radius 3 is 2.78 bits per heavy atom. The second-order valence-electron chi connectivity index (χ2n) is 4.06. The summed E-state index contributed by atoms with van der Waals surface area (Å²) in [5.74, 6) is 0.649. The van der Waals surface area contributed by atoms with Gasteiger partial charge in [0.1, 0.15) is 0 Å². The molecule has 0 amide bonds. The van der Waals surface area contributed by atoms with E-state index in [0.29, 0.717) is 12.5 Å². The number of pyridine rings is 1. The van der Waals surface area contributed by atoms with E-state index in [-0.39, 0.29) is 6.04 Å². The molecule has 5 nitrogen and oxygen atoms in total. The molecule has 2 aromatic rings.